The van der Waals surface area contributed by atoms with Crippen molar-refractivity contribution in [2.75, 3.05) is 0 Å². The molecule has 0 aromatic heterocycles. The highest BCUT2D eigenvalue weighted by Gasteiger charge is 2.35. The van der Waals surface area contributed by atoms with Crippen LogP contribution in [0.1, 0.15) is 17.5 Å². The molecule has 4 rings (SSSR count). The molecule has 2 aromatic carbocycles. The van der Waals surface area contributed by atoms with E-state index in [1.54, 1.807) is 23.0 Å². The van der Waals surface area contributed by atoms with E-state index in [1.165, 1.54) is 12.1 Å². The van der Waals surface area contributed by atoms with E-state index in [2.05, 4.69) is 16.5 Å². The number of halogens is 6. The summed E-state index contributed by atoms with van der Waals surface area (Å²) in [6.07, 6.45) is -2.70. The molecule has 2 aliphatic heterocycles. The summed E-state index contributed by atoms with van der Waals surface area (Å²) in [6, 6.07) is 7.91. The SMILES string of the molecule is C=C(CC(Cn1ccc2nc(-c3cccc(F)c3F)nc-2c1)ON)c1c(F)cccc1C(F)(F)F. The highest BCUT2D eigenvalue weighted by molar-refractivity contribution is 5.68. The van der Waals surface area contributed by atoms with Crippen molar-refractivity contribution in [3.8, 4) is 22.8 Å². The normalized spacial score (nSPS) is 12.8. The number of hydrogen-bond acceptors (Lipinski definition) is 4. The number of nitrogens with zero attached hydrogens (tertiary/aromatic N) is 3. The standard InChI is InChI=1S/C24H18F6N4O/c1-13(21-16(24(28,29)30)5-3-6-17(21)25)10-14(35-31)11-34-9-8-19-20(12-34)33-23(32-19)15-4-2-7-18(26)22(15)27/h2-9,12,14H,1,10-11,31H2. The predicted molar refractivity (Wildman–Crippen MR) is 116 cm³/mol. The number of rotatable bonds is 7. The van der Waals surface area contributed by atoms with Gasteiger partial charge in [0.15, 0.2) is 17.5 Å². The zero-order valence-electron chi connectivity index (χ0n) is 18.0. The monoisotopic (exact) mass is 492 g/mol. The van der Waals surface area contributed by atoms with Crippen LogP contribution >= 0.6 is 0 Å². The molecule has 0 aliphatic carbocycles. The summed E-state index contributed by atoms with van der Waals surface area (Å²) >= 11 is 0. The second-order valence-corrected chi connectivity index (χ2v) is 7.79. The number of aromatic nitrogens is 3. The fourth-order valence-electron chi connectivity index (χ4n) is 3.75. The zero-order chi connectivity index (χ0) is 25.3. The summed E-state index contributed by atoms with van der Waals surface area (Å²) in [5, 5.41) is 0. The lowest BCUT2D eigenvalue weighted by Gasteiger charge is -2.20. The lowest BCUT2D eigenvalue weighted by Crippen LogP contribution is -2.24. The Hall–Kier alpha value is -3.70. The van der Waals surface area contributed by atoms with Crippen molar-refractivity contribution in [2.24, 2.45) is 5.90 Å². The van der Waals surface area contributed by atoms with Crippen LogP contribution in [0.5, 0.6) is 0 Å². The van der Waals surface area contributed by atoms with Crippen LogP contribution in [0.2, 0.25) is 0 Å². The average Bonchev–Trinajstić information content (AvgIpc) is 3.22. The molecule has 5 nitrogen and oxygen atoms in total. The number of benzene rings is 2. The van der Waals surface area contributed by atoms with Crippen LogP contribution in [-0.4, -0.2) is 20.6 Å². The van der Waals surface area contributed by atoms with Crippen molar-refractivity contribution < 1.29 is 31.2 Å². The molecule has 2 aliphatic rings. The first kappa shape index (κ1) is 24.4. The molecule has 35 heavy (non-hydrogen) atoms. The first-order chi connectivity index (χ1) is 16.6. The topological polar surface area (TPSA) is 66.0 Å². The van der Waals surface area contributed by atoms with Crippen molar-refractivity contribution in [2.45, 2.75) is 25.2 Å². The Morgan fingerprint density at radius 2 is 1.69 bits per heavy atom. The molecule has 1 atom stereocenters. The molecule has 0 radical (unpaired) electrons. The summed E-state index contributed by atoms with van der Waals surface area (Å²) < 4.78 is 83.6. The Morgan fingerprint density at radius 3 is 2.40 bits per heavy atom. The van der Waals surface area contributed by atoms with E-state index in [0.29, 0.717) is 11.4 Å². The average molecular weight is 492 g/mol. The fourth-order valence-corrected chi connectivity index (χ4v) is 3.75. The number of nitrogens with two attached hydrogens (primary N) is 1. The second kappa shape index (κ2) is 9.51. The van der Waals surface area contributed by atoms with Gasteiger partial charge in [-0.05, 0) is 35.9 Å². The summed E-state index contributed by atoms with van der Waals surface area (Å²) in [7, 11) is 0. The van der Waals surface area contributed by atoms with Crippen LogP contribution < -0.4 is 5.90 Å². The maximum Gasteiger partial charge on any atom is 0.417 e. The van der Waals surface area contributed by atoms with Crippen molar-refractivity contribution >= 4 is 5.57 Å². The highest BCUT2D eigenvalue weighted by atomic mass is 19.4. The predicted octanol–water partition coefficient (Wildman–Crippen LogP) is 5.85. The van der Waals surface area contributed by atoms with Gasteiger partial charge in [-0.25, -0.2) is 29.0 Å². The van der Waals surface area contributed by atoms with E-state index in [4.69, 9.17) is 10.7 Å². The van der Waals surface area contributed by atoms with E-state index < -0.39 is 40.9 Å². The highest BCUT2D eigenvalue weighted by Crippen LogP contribution is 2.37. The third-order valence-corrected chi connectivity index (χ3v) is 5.37. The number of pyridine rings is 1. The van der Waals surface area contributed by atoms with Crippen LogP contribution in [-0.2, 0) is 17.6 Å². The van der Waals surface area contributed by atoms with E-state index in [0.717, 1.165) is 24.3 Å². The molecule has 2 heterocycles. The van der Waals surface area contributed by atoms with Crippen LogP contribution in [0, 0.1) is 17.5 Å². The molecule has 1 unspecified atom stereocenters. The first-order valence-corrected chi connectivity index (χ1v) is 10.3. The molecule has 0 amide bonds. The van der Waals surface area contributed by atoms with E-state index in [-0.39, 0.29) is 29.9 Å². The minimum absolute atomic E-state index is 0.00557. The van der Waals surface area contributed by atoms with Crippen molar-refractivity contribution in [3.05, 3.63) is 90.0 Å². The van der Waals surface area contributed by atoms with Gasteiger partial charge in [-0.1, -0.05) is 18.7 Å². The number of fused-ring (bicyclic) bond motifs is 1. The van der Waals surface area contributed by atoms with Gasteiger partial charge in [0, 0.05) is 24.4 Å². The van der Waals surface area contributed by atoms with Gasteiger partial charge in [0.1, 0.15) is 17.6 Å². The van der Waals surface area contributed by atoms with Crippen molar-refractivity contribution in [1.29, 1.82) is 0 Å². The van der Waals surface area contributed by atoms with Crippen LogP contribution in [0.3, 0.4) is 0 Å². The lowest BCUT2D eigenvalue weighted by atomic mass is 9.95. The Bertz CT molecular complexity index is 1350. The molecule has 0 bridgehead atoms. The first-order valence-electron chi connectivity index (χ1n) is 10.3. The van der Waals surface area contributed by atoms with Gasteiger partial charge in [0.05, 0.1) is 23.4 Å². The van der Waals surface area contributed by atoms with Crippen LogP contribution in [0.25, 0.3) is 28.3 Å². The Morgan fingerprint density at radius 1 is 1.00 bits per heavy atom. The summed E-state index contributed by atoms with van der Waals surface area (Å²) in [5.41, 5.74) is -1.25. The maximum absolute atomic E-state index is 14.3. The summed E-state index contributed by atoms with van der Waals surface area (Å²) in [4.78, 5) is 13.4. The Labute approximate surface area is 195 Å². The number of hydrogen-bond donors (Lipinski definition) is 1. The van der Waals surface area contributed by atoms with Gasteiger partial charge in [-0.3, -0.25) is 4.84 Å². The largest absolute Gasteiger partial charge is 0.417 e. The Balaban J connectivity index is 1.56. The molecule has 2 aromatic rings. The zero-order valence-corrected chi connectivity index (χ0v) is 18.0. The minimum Gasteiger partial charge on any atom is -0.349 e. The van der Waals surface area contributed by atoms with E-state index in [9.17, 15) is 26.3 Å². The van der Waals surface area contributed by atoms with Gasteiger partial charge in [0.25, 0.3) is 0 Å². The quantitative estimate of drug-likeness (QED) is 0.260. The third kappa shape index (κ3) is 5.05. The molecule has 0 fully saturated rings. The molecular formula is C24H18F6N4O. The third-order valence-electron chi connectivity index (χ3n) is 5.37. The van der Waals surface area contributed by atoms with Gasteiger partial charge in [-0.2, -0.15) is 13.2 Å². The Kier molecular flexibility index (Phi) is 6.64. The molecule has 11 heteroatoms. The van der Waals surface area contributed by atoms with E-state index in [1.807, 2.05) is 0 Å². The lowest BCUT2D eigenvalue weighted by molar-refractivity contribution is -0.138. The number of alkyl halides is 3. The van der Waals surface area contributed by atoms with Crippen LogP contribution in [0.15, 0.2) is 61.4 Å². The van der Waals surface area contributed by atoms with Crippen LogP contribution in [0.4, 0.5) is 26.3 Å². The summed E-state index contributed by atoms with van der Waals surface area (Å²) in [5.74, 6) is 2.19. The van der Waals surface area contributed by atoms with Gasteiger partial charge < -0.3 is 4.57 Å². The van der Waals surface area contributed by atoms with Gasteiger partial charge >= 0.3 is 6.18 Å². The molecule has 0 saturated carbocycles. The van der Waals surface area contributed by atoms with Gasteiger partial charge in [-0.15, -0.1) is 0 Å². The number of imidazole rings is 1. The maximum atomic E-state index is 14.3. The minimum atomic E-state index is -4.77. The molecule has 0 spiro atoms. The molecule has 0 saturated heterocycles. The second-order valence-electron chi connectivity index (χ2n) is 7.79. The molecule has 2 N–H and O–H groups in total. The van der Waals surface area contributed by atoms with E-state index >= 15 is 0 Å². The smallest absolute Gasteiger partial charge is 0.349 e. The molecule has 182 valence electrons. The van der Waals surface area contributed by atoms with Crippen molar-refractivity contribution in [1.82, 2.24) is 14.5 Å². The molecular weight excluding hydrogens is 474 g/mol. The van der Waals surface area contributed by atoms with Crippen molar-refractivity contribution in [3.63, 3.8) is 0 Å². The fraction of sp³-hybridized carbons (Fsp3) is 0.167. The summed E-state index contributed by atoms with van der Waals surface area (Å²) in [6.45, 7) is 3.67. The van der Waals surface area contributed by atoms with Gasteiger partial charge in [0.2, 0.25) is 0 Å².